The van der Waals surface area contributed by atoms with E-state index in [0.717, 1.165) is 5.01 Å². The number of hydrogen-bond donors (Lipinski definition) is 0. The first-order valence-corrected chi connectivity index (χ1v) is 9.24. The Hall–Kier alpha value is -3.03. The zero-order valence-corrected chi connectivity index (χ0v) is 17.9. The van der Waals surface area contributed by atoms with E-state index in [-0.39, 0.29) is 0 Å². The van der Waals surface area contributed by atoms with E-state index in [1.807, 2.05) is 0 Å². The van der Waals surface area contributed by atoms with Gasteiger partial charge in [0.1, 0.15) is 23.0 Å². The maximum absolute atomic E-state index is 13.0. The summed E-state index contributed by atoms with van der Waals surface area (Å²) in [6.45, 7) is 10.1. The SMILES string of the molecule is COc1cccc([C@H]2C=CC(=O)N(C(=O)OC(C)(C)C)N2C(=O)OC(C)(C)C)c1. The van der Waals surface area contributed by atoms with E-state index in [4.69, 9.17) is 14.2 Å². The molecule has 8 heteroatoms. The number of nitrogens with zero attached hydrogens (tertiary/aromatic N) is 2. The van der Waals surface area contributed by atoms with Crippen molar-refractivity contribution in [1.82, 2.24) is 10.0 Å². The van der Waals surface area contributed by atoms with Crippen LogP contribution in [0.25, 0.3) is 0 Å². The number of hydrogen-bond acceptors (Lipinski definition) is 6. The number of ether oxygens (including phenoxy) is 3. The molecular weight excluding hydrogens is 376 g/mol. The molecule has 2 rings (SSSR count). The lowest BCUT2D eigenvalue weighted by molar-refractivity contribution is -0.144. The van der Waals surface area contributed by atoms with Crippen molar-refractivity contribution in [2.45, 2.75) is 58.8 Å². The maximum atomic E-state index is 13.0. The van der Waals surface area contributed by atoms with Gasteiger partial charge in [-0.3, -0.25) is 4.79 Å². The van der Waals surface area contributed by atoms with Gasteiger partial charge >= 0.3 is 12.2 Å². The van der Waals surface area contributed by atoms with E-state index < -0.39 is 35.3 Å². The summed E-state index contributed by atoms with van der Waals surface area (Å²) in [4.78, 5) is 38.4. The normalized spacial score (nSPS) is 17.2. The number of amides is 3. The Labute approximate surface area is 171 Å². The molecule has 0 N–H and O–H groups in total. The van der Waals surface area contributed by atoms with Crippen LogP contribution in [0.5, 0.6) is 5.75 Å². The first kappa shape index (κ1) is 22.3. The van der Waals surface area contributed by atoms with Crippen molar-refractivity contribution in [2.24, 2.45) is 0 Å². The number of carbonyl (C=O) groups excluding carboxylic acids is 3. The largest absolute Gasteiger partial charge is 0.497 e. The van der Waals surface area contributed by atoms with Gasteiger partial charge in [-0.05, 0) is 65.3 Å². The lowest BCUT2D eigenvalue weighted by Gasteiger charge is -2.40. The van der Waals surface area contributed by atoms with Crippen molar-refractivity contribution < 1.29 is 28.6 Å². The fourth-order valence-electron chi connectivity index (χ4n) is 2.62. The summed E-state index contributed by atoms with van der Waals surface area (Å²) in [6.07, 6.45) is 0.941. The molecule has 1 atom stereocenters. The summed E-state index contributed by atoms with van der Waals surface area (Å²) < 4.78 is 16.1. The molecule has 1 aromatic carbocycles. The zero-order chi connectivity index (χ0) is 22.0. The molecule has 1 heterocycles. The summed E-state index contributed by atoms with van der Waals surface area (Å²) >= 11 is 0. The van der Waals surface area contributed by atoms with Gasteiger partial charge in [-0.15, -0.1) is 5.01 Å². The van der Waals surface area contributed by atoms with Crippen molar-refractivity contribution in [2.75, 3.05) is 7.11 Å². The first-order chi connectivity index (χ1) is 13.3. The van der Waals surface area contributed by atoms with Crippen LogP contribution in [-0.4, -0.2) is 46.4 Å². The van der Waals surface area contributed by atoms with Crippen LogP contribution in [0.15, 0.2) is 36.4 Å². The molecular formula is C21H28N2O6. The van der Waals surface area contributed by atoms with E-state index in [1.165, 1.54) is 19.3 Å². The van der Waals surface area contributed by atoms with Crippen LogP contribution in [0.1, 0.15) is 53.1 Å². The average molecular weight is 404 g/mol. The molecule has 0 fully saturated rings. The van der Waals surface area contributed by atoms with Gasteiger partial charge in [0.15, 0.2) is 0 Å². The van der Waals surface area contributed by atoms with Gasteiger partial charge in [0.25, 0.3) is 5.91 Å². The fraction of sp³-hybridized carbons (Fsp3) is 0.476. The lowest BCUT2D eigenvalue weighted by atomic mass is 10.0. The molecule has 0 unspecified atom stereocenters. The first-order valence-electron chi connectivity index (χ1n) is 9.24. The van der Waals surface area contributed by atoms with Gasteiger partial charge in [-0.2, -0.15) is 5.01 Å². The highest BCUT2D eigenvalue weighted by Gasteiger charge is 2.43. The summed E-state index contributed by atoms with van der Waals surface area (Å²) in [5, 5.41) is 1.64. The van der Waals surface area contributed by atoms with Crippen molar-refractivity contribution in [3.05, 3.63) is 42.0 Å². The Kier molecular flexibility index (Phi) is 6.25. The van der Waals surface area contributed by atoms with Gasteiger partial charge in [0, 0.05) is 6.08 Å². The minimum absolute atomic E-state index is 0.570. The van der Waals surface area contributed by atoms with Gasteiger partial charge < -0.3 is 14.2 Å². The van der Waals surface area contributed by atoms with Gasteiger partial charge in [0.2, 0.25) is 0 Å². The monoisotopic (exact) mass is 404 g/mol. The van der Waals surface area contributed by atoms with Gasteiger partial charge in [-0.25, -0.2) is 9.59 Å². The molecule has 1 aliphatic heterocycles. The highest BCUT2D eigenvalue weighted by Crippen LogP contribution is 2.32. The third-order valence-corrected chi connectivity index (χ3v) is 3.69. The van der Waals surface area contributed by atoms with Crippen LogP contribution in [0, 0.1) is 0 Å². The second kappa shape index (κ2) is 8.14. The smallest absolute Gasteiger partial charge is 0.437 e. The Balaban J connectivity index is 2.53. The second-order valence-electron chi connectivity index (χ2n) is 8.54. The molecule has 0 aromatic heterocycles. The highest BCUT2D eigenvalue weighted by molar-refractivity contribution is 6.01. The zero-order valence-electron chi connectivity index (χ0n) is 17.9. The van der Waals surface area contributed by atoms with Crippen molar-refractivity contribution in [3.8, 4) is 5.75 Å². The van der Waals surface area contributed by atoms with E-state index in [1.54, 1.807) is 65.8 Å². The average Bonchev–Trinajstić information content (AvgIpc) is 2.58. The van der Waals surface area contributed by atoms with Crippen LogP contribution in [0.2, 0.25) is 0 Å². The Morgan fingerprint density at radius 2 is 1.55 bits per heavy atom. The van der Waals surface area contributed by atoms with Crippen molar-refractivity contribution in [3.63, 3.8) is 0 Å². The van der Waals surface area contributed by atoms with E-state index in [2.05, 4.69) is 0 Å². The summed E-state index contributed by atoms with van der Waals surface area (Å²) in [5.41, 5.74) is -1.06. The van der Waals surface area contributed by atoms with Crippen molar-refractivity contribution in [1.29, 1.82) is 0 Å². The summed E-state index contributed by atoms with van der Waals surface area (Å²) in [5.74, 6) is -0.134. The molecule has 0 radical (unpaired) electrons. The molecule has 0 saturated carbocycles. The van der Waals surface area contributed by atoms with Crippen LogP contribution in [0.3, 0.4) is 0 Å². The van der Waals surface area contributed by atoms with Crippen LogP contribution in [0.4, 0.5) is 9.59 Å². The molecule has 0 saturated heterocycles. The Morgan fingerprint density at radius 1 is 0.966 bits per heavy atom. The highest BCUT2D eigenvalue weighted by atomic mass is 16.6. The third kappa shape index (κ3) is 5.73. The van der Waals surface area contributed by atoms with E-state index in [9.17, 15) is 14.4 Å². The number of carbonyl (C=O) groups is 3. The molecule has 1 aromatic rings. The van der Waals surface area contributed by atoms with Gasteiger partial charge in [0.05, 0.1) is 7.11 Å². The standard InChI is InChI=1S/C21H28N2O6/c1-20(2,3)28-18(25)22-16(14-9-8-10-15(13-14)27-7)11-12-17(24)23(22)19(26)29-21(4,5)6/h8-13,16H,1-7H3/t16-/m1/s1. The minimum Gasteiger partial charge on any atom is -0.497 e. The molecule has 29 heavy (non-hydrogen) atoms. The van der Waals surface area contributed by atoms with Crippen molar-refractivity contribution >= 4 is 18.1 Å². The Bertz CT molecular complexity index is 819. The summed E-state index contributed by atoms with van der Waals surface area (Å²) in [7, 11) is 1.53. The number of benzene rings is 1. The number of imide groups is 1. The summed E-state index contributed by atoms with van der Waals surface area (Å²) in [6, 6.07) is 6.21. The quantitative estimate of drug-likeness (QED) is 0.734. The minimum atomic E-state index is -0.967. The number of hydrazine groups is 1. The van der Waals surface area contributed by atoms with Crippen LogP contribution < -0.4 is 4.74 Å². The molecule has 0 aliphatic carbocycles. The lowest BCUT2D eigenvalue weighted by Crippen LogP contribution is -2.57. The Morgan fingerprint density at radius 3 is 2.10 bits per heavy atom. The van der Waals surface area contributed by atoms with Crippen LogP contribution >= 0.6 is 0 Å². The second-order valence-corrected chi connectivity index (χ2v) is 8.54. The predicted molar refractivity (Wildman–Crippen MR) is 106 cm³/mol. The maximum Gasteiger partial charge on any atom is 0.437 e. The molecule has 1 aliphatic rings. The van der Waals surface area contributed by atoms with E-state index in [0.29, 0.717) is 16.3 Å². The third-order valence-electron chi connectivity index (χ3n) is 3.69. The van der Waals surface area contributed by atoms with Crippen LogP contribution in [-0.2, 0) is 14.3 Å². The number of rotatable bonds is 2. The topological polar surface area (TPSA) is 85.4 Å². The molecule has 0 spiro atoms. The molecule has 0 bridgehead atoms. The fourth-order valence-corrected chi connectivity index (χ4v) is 2.62. The van der Waals surface area contributed by atoms with E-state index >= 15 is 0 Å². The number of methoxy groups -OCH3 is 1. The van der Waals surface area contributed by atoms with Gasteiger partial charge in [-0.1, -0.05) is 12.1 Å². The molecule has 3 amide bonds. The molecule has 8 nitrogen and oxygen atoms in total. The molecule has 158 valence electrons. The predicted octanol–water partition coefficient (Wildman–Crippen LogP) is 4.22.